The molecular formula is C10H9FI. The van der Waals surface area contributed by atoms with Crippen molar-refractivity contribution in [3.8, 4) is 0 Å². The molecule has 1 radical (unpaired) electrons. The lowest BCUT2D eigenvalue weighted by Gasteiger charge is -2.07. The van der Waals surface area contributed by atoms with E-state index in [1.807, 2.05) is 28.7 Å². The molecule has 12 heavy (non-hydrogen) atoms. The first-order valence-corrected chi connectivity index (χ1v) is 4.64. The third kappa shape index (κ3) is 1.86. The number of hydrogen-bond acceptors (Lipinski definition) is 0. The van der Waals surface area contributed by atoms with E-state index in [-0.39, 0.29) is 11.7 Å². The molecule has 0 saturated carbocycles. The molecule has 1 atom stereocenters. The highest BCUT2D eigenvalue weighted by atomic mass is 127. The Kier molecular flexibility index (Phi) is 3.26. The van der Waals surface area contributed by atoms with Crippen LogP contribution in [0.3, 0.4) is 0 Å². The molecule has 1 unspecified atom stereocenters. The maximum atomic E-state index is 13.3. The molecule has 0 nitrogen and oxygen atoms in total. The van der Waals surface area contributed by atoms with Gasteiger partial charge < -0.3 is 0 Å². The molecule has 0 aliphatic rings. The zero-order valence-corrected chi connectivity index (χ0v) is 8.71. The number of allylic oxidation sites excluding steroid dienone is 1. The molecule has 0 aromatic heterocycles. The predicted molar refractivity (Wildman–Crippen MR) is 57.4 cm³/mol. The highest BCUT2D eigenvalue weighted by Gasteiger charge is 2.09. The molecule has 0 aliphatic carbocycles. The van der Waals surface area contributed by atoms with Crippen molar-refractivity contribution in [2.24, 2.45) is 0 Å². The molecule has 0 fully saturated rings. The Morgan fingerprint density at radius 2 is 2.17 bits per heavy atom. The van der Waals surface area contributed by atoms with Gasteiger partial charge in [-0.1, -0.05) is 18.2 Å². The SMILES string of the molecule is [CH2]C(C=C)c1cccc(I)c1F. The summed E-state index contributed by atoms with van der Waals surface area (Å²) in [6.45, 7) is 7.34. The van der Waals surface area contributed by atoms with E-state index in [2.05, 4.69) is 13.5 Å². The van der Waals surface area contributed by atoms with Crippen LogP contribution in [0.5, 0.6) is 0 Å². The molecular weight excluding hydrogens is 266 g/mol. The average Bonchev–Trinajstić information content (AvgIpc) is 2.08. The van der Waals surface area contributed by atoms with Crippen LogP contribution >= 0.6 is 22.6 Å². The smallest absolute Gasteiger partial charge is 0.140 e. The normalized spacial score (nSPS) is 12.6. The van der Waals surface area contributed by atoms with Gasteiger partial charge in [0.1, 0.15) is 5.82 Å². The molecule has 2 heteroatoms. The Bertz CT molecular complexity index is 294. The van der Waals surface area contributed by atoms with Gasteiger partial charge in [0.25, 0.3) is 0 Å². The van der Waals surface area contributed by atoms with Gasteiger partial charge in [-0.15, -0.1) is 6.58 Å². The third-order valence-electron chi connectivity index (χ3n) is 1.67. The van der Waals surface area contributed by atoms with E-state index in [1.54, 1.807) is 18.2 Å². The second kappa shape index (κ2) is 4.03. The Morgan fingerprint density at radius 1 is 1.50 bits per heavy atom. The Balaban J connectivity index is 3.15. The van der Waals surface area contributed by atoms with Crippen LogP contribution in [0.4, 0.5) is 4.39 Å². The van der Waals surface area contributed by atoms with Crippen LogP contribution in [-0.4, -0.2) is 0 Å². The number of benzene rings is 1. The van der Waals surface area contributed by atoms with Crippen LogP contribution < -0.4 is 0 Å². The van der Waals surface area contributed by atoms with Crippen LogP contribution in [0.2, 0.25) is 0 Å². The molecule has 63 valence electrons. The molecule has 1 rings (SSSR count). The first kappa shape index (κ1) is 9.71. The van der Waals surface area contributed by atoms with Crippen molar-refractivity contribution in [3.63, 3.8) is 0 Å². The molecule has 1 aromatic carbocycles. The van der Waals surface area contributed by atoms with Gasteiger partial charge in [-0.25, -0.2) is 4.39 Å². The number of hydrogen-bond donors (Lipinski definition) is 0. The van der Waals surface area contributed by atoms with Gasteiger partial charge in [-0.05, 0) is 41.1 Å². The van der Waals surface area contributed by atoms with Gasteiger partial charge in [0.15, 0.2) is 0 Å². The van der Waals surface area contributed by atoms with Gasteiger partial charge in [-0.2, -0.15) is 0 Å². The summed E-state index contributed by atoms with van der Waals surface area (Å²) in [6.07, 6.45) is 1.63. The average molecular weight is 275 g/mol. The summed E-state index contributed by atoms with van der Waals surface area (Å²) in [4.78, 5) is 0. The van der Waals surface area contributed by atoms with E-state index in [9.17, 15) is 4.39 Å². The standard InChI is InChI=1S/C10H9FI/c1-3-7(2)8-5-4-6-9(12)10(8)11/h3-7H,1-2H2. The molecule has 0 heterocycles. The summed E-state index contributed by atoms with van der Waals surface area (Å²) in [5.41, 5.74) is 0.608. The minimum Gasteiger partial charge on any atom is -0.206 e. The third-order valence-corrected chi connectivity index (χ3v) is 2.50. The fourth-order valence-electron chi connectivity index (χ4n) is 0.934. The van der Waals surface area contributed by atoms with Crippen molar-refractivity contribution in [2.45, 2.75) is 5.92 Å². The maximum Gasteiger partial charge on any atom is 0.140 e. The fourth-order valence-corrected chi connectivity index (χ4v) is 1.45. The molecule has 0 bridgehead atoms. The van der Waals surface area contributed by atoms with E-state index in [0.717, 1.165) is 0 Å². The molecule has 0 spiro atoms. The van der Waals surface area contributed by atoms with Crippen molar-refractivity contribution in [2.75, 3.05) is 0 Å². The Labute approximate surface area is 85.6 Å². The van der Waals surface area contributed by atoms with Gasteiger partial charge in [0, 0.05) is 9.49 Å². The van der Waals surface area contributed by atoms with Crippen molar-refractivity contribution in [1.82, 2.24) is 0 Å². The molecule has 0 saturated heterocycles. The lowest BCUT2D eigenvalue weighted by molar-refractivity contribution is 0.602. The fraction of sp³-hybridized carbons (Fsp3) is 0.100. The van der Waals surface area contributed by atoms with Crippen molar-refractivity contribution in [3.05, 3.63) is 52.7 Å². The van der Waals surface area contributed by atoms with Crippen molar-refractivity contribution in [1.29, 1.82) is 0 Å². The van der Waals surface area contributed by atoms with E-state index in [4.69, 9.17) is 0 Å². The van der Waals surface area contributed by atoms with E-state index in [1.165, 1.54) is 0 Å². The maximum absolute atomic E-state index is 13.3. The lowest BCUT2D eigenvalue weighted by Crippen LogP contribution is -1.95. The first-order chi connectivity index (χ1) is 5.66. The quantitative estimate of drug-likeness (QED) is 0.572. The van der Waals surface area contributed by atoms with E-state index in [0.29, 0.717) is 9.13 Å². The minimum absolute atomic E-state index is 0.167. The summed E-state index contributed by atoms with van der Waals surface area (Å²) in [5.74, 6) is -0.349. The zero-order valence-electron chi connectivity index (χ0n) is 6.56. The van der Waals surface area contributed by atoms with Crippen molar-refractivity contribution < 1.29 is 4.39 Å². The minimum atomic E-state index is -0.182. The van der Waals surface area contributed by atoms with Crippen LogP contribution in [0.25, 0.3) is 0 Å². The van der Waals surface area contributed by atoms with Gasteiger partial charge >= 0.3 is 0 Å². The predicted octanol–water partition coefficient (Wildman–Crippen LogP) is 3.53. The van der Waals surface area contributed by atoms with Gasteiger partial charge in [-0.3, -0.25) is 0 Å². The Morgan fingerprint density at radius 3 is 2.75 bits per heavy atom. The summed E-state index contributed by atoms with van der Waals surface area (Å²) in [7, 11) is 0. The van der Waals surface area contributed by atoms with Crippen LogP contribution in [0, 0.1) is 16.3 Å². The second-order valence-corrected chi connectivity index (χ2v) is 3.65. The van der Waals surface area contributed by atoms with Crippen LogP contribution in [0.1, 0.15) is 11.5 Å². The summed E-state index contributed by atoms with van der Waals surface area (Å²) < 4.78 is 14.0. The highest BCUT2D eigenvalue weighted by molar-refractivity contribution is 14.1. The van der Waals surface area contributed by atoms with Crippen molar-refractivity contribution >= 4 is 22.6 Å². The highest BCUT2D eigenvalue weighted by Crippen LogP contribution is 2.22. The summed E-state index contributed by atoms with van der Waals surface area (Å²) in [5, 5.41) is 0. The monoisotopic (exact) mass is 275 g/mol. The topological polar surface area (TPSA) is 0 Å². The van der Waals surface area contributed by atoms with Gasteiger partial charge in [0.2, 0.25) is 0 Å². The van der Waals surface area contributed by atoms with Crippen LogP contribution in [0.15, 0.2) is 30.9 Å². The second-order valence-electron chi connectivity index (χ2n) is 2.49. The van der Waals surface area contributed by atoms with Crippen LogP contribution in [-0.2, 0) is 0 Å². The number of rotatable bonds is 2. The largest absolute Gasteiger partial charge is 0.206 e. The van der Waals surface area contributed by atoms with Gasteiger partial charge in [0.05, 0.1) is 0 Å². The Hall–Kier alpha value is -0.380. The summed E-state index contributed by atoms with van der Waals surface area (Å²) >= 11 is 1.96. The lowest BCUT2D eigenvalue weighted by atomic mass is 10.0. The number of halogens is 2. The van der Waals surface area contributed by atoms with E-state index < -0.39 is 0 Å². The molecule has 0 amide bonds. The molecule has 1 aromatic rings. The first-order valence-electron chi connectivity index (χ1n) is 3.56. The zero-order chi connectivity index (χ0) is 9.14. The molecule has 0 aliphatic heterocycles. The summed E-state index contributed by atoms with van der Waals surface area (Å²) in [6, 6.07) is 5.29. The van der Waals surface area contributed by atoms with E-state index >= 15 is 0 Å². The molecule has 0 N–H and O–H groups in total.